The highest BCUT2D eigenvalue weighted by atomic mass is 35.5. The van der Waals surface area contributed by atoms with Crippen LogP contribution in [0.15, 0.2) is 84.6 Å². The SMILES string of the molecule is CN(c1ccc(Cl)cc1)c1ccc(C(=O)c2ccc(C(=O)C3CC3C3=CCCC=C3)c(C(=O)O)c2)nc1. The number of aromatic carboxylic acids is 1. The Bertz CT molecular complexity index is 1440. The number of aromatic nitrogens is 1. The number of benzene rings is 2. The Labute approximate surface area is 219 Å². The van der Waals surface area contributed by atoms with E-state index >= 15 is 0 Å². The summed E-state index contributed by atoms with van der Waals surface area (Å²) in [6.45, 7) is 0. The molecule has 2 unspecified atom stereocenters. The van der Waals surface area contributed by atoms with E-state index in [2.05, 4.69) is 23.2 Å². The third kappa shape index (κ3) is 5.11. The predicted molar refractivity (Wildman–Crippen MR) is 143 cm³/mol. The number of hydrogen-bond donors (Lipinski definition) is 1. The molecule has 37 heavy (non-hydrogen) atoms. The lowest BCUT2D eigenvalue weighted by Crippen LogP contribution is -2.14. The van der Waals surface area contributed by atoms with Crippen LogP contribution >= 0.6 is 11.6 Å². The summed E-state index contributed by atoms with van der Waals surface area (Å²) in [6.07, 6.45) is 10.6. The van der Waals surface area contributed by atoms with Gasteiger partial charge in [0.05, 0.1) is 17.4 Å². The molecule has 2 aliphatic carbocycles. The summed E-state index contributed by atoms with van der Waals surface area (Å²) in [6, 6.07) is 15.0. The number of pyridine rings is 1. The molecule has 0 saturated heterocycles. The Hall–Kier alpha value is -4.03. The summed E-state index contributed by atoms with van der Waals surface area (Å²) >= 11 is 5.96. The molecule has 3 aromatic rings. The number of anilines is 2. The predicted octanol–water partition coefficient (Wildman–Crippen LogP) is 6.53. The van der Waals surface area contributed by atoms with Crippen molar-refractivity contribution < 1.29 is 19.5 Å². The molecular formula is C30H25ClN2O4. The molecule has 2 atom stereocenters. The summed E-state index contributed by atoms with van der Waals surface area (Å²) in [5.41, 5.74) is 3.17. The Kier molecular flexibility index (Phi) is 6.76. The van der Waals surface area contributed by atoms with Crippen LogP contribution in [0.5, 0.6) is 0 Å². The Morgan fingerprint density at radius 3 is 2.38 bits per heavy atom. The van der Waals surface area contributed by atoms with E-state index in [1.54, 1.807) is 30.5 Å². The molecule has 0 spiro atoms. The smallest absolute Gasteiger partial charge is 0.336 e. The number of nitrogens with zero attached hydrogens (tertiary/aromatic N) is 2. The van der Waals surface area contributed by atoms with Crippen LogP contribution < -0.4 is 4.90 Å². The first-order valence-electron chi connectivity index (χ1n) is 12.1. The number of ketones is 2. The van der Waals surface area contributed by atoms with Gasteiger partial charge in [0, 0.05) is 34.8 Å². The van der Waals surface area contributed by atoms with Gasteiger partial charge in [-0.25, -0.2) is 4.79 Å². The molecule has 1 N–H and O–H groups in total. The average molecular weight is 513 g/mol. The largest absolute Gasteiger partial charge is 0.478 e. The molecule has 2 aliphatic rings. The van der Waals surface area contributed by atoms with Crippen LogP contribution in [-0.4, -0.2) is 34.7 Å². The molecule has 0 bridgehead atoms. The standard InChI is InChI=1S/C30H25ClN2O4/c1-33(21-10-8-20(31)9-11-21)22-12-14-27(32-17-22)28(34)19-7-13-23(26(15-19)30(36)37)29(35)25-16-24(25)18-5-3-2-4-6-18/h3,5-15,17,24-25H,2,4,16H2,1H3,(H,36,37). The van der Waals surface area contributed by atoms with Gasteiger partial charge in [0.15, 0.2) is 5.78 Å². The molecule has 0 amide bonds. The van der Waals surface area contributed by atoms with Crippen LogP contribution in [0.1, 0.15) is 56.0 Å². The summed E-state index contributed by atoms with van der Waals surface area (Å²) < 4.78 is 0. The second-order valence-electron chi connectivity index (χ2n) is 9.33. The van der Waals surface area contributed by atoms with Gasteiger partial charge in [-0.15, -0.1) is 0 Å². The Balaban J connectivity index is 1.34. The lowest BCUT2D eigenvalue weighted by molar-refractivity contribution is 0.0691. The maximum atomic E-state index is 13.1. The first-order valence-corrected chi connectivity index (χ1v) is 12.5. The fourth-order valence-electron chi connectivity index (χ4n) is 4.72. The van der Waals surface area contributed by atoms with Crippen molar-refractivity contribution in [1.29, 1.82) is 0 Å². The number of allylic oxidation sites excluding steroid dienone is 4. The van der Waals surface area contributed by atoms with E-state index in [1.165, 1.54) is 18.2 Å². The number of carboxylic acids is 1. The highest BCUT2D eigenvalue weighted by Crippen LogP contribution is 2.47. The van der Waals surface area contributed by atoms with Crippen molar-refractivity contribution in [3.63, 3.8) is 0 Å². The first kappa shape index (κ1) is 24.7. The number of carbonyl (C=O) groups is 3. The highest BCUT2D eigenvalue weighted by Gasteiger charge is 2.45. The van der Waals surface area contributed by atoms with E-state index in [0.29, 0.717) is 5.02 Å². The Morgan fingerprint density at radius 1 is 0.973 bits per heavy atom. The number of carbonyl (C=O) groups excluding carboxylic acids is 2. The third-order valence-corrected chi connectivity index (χ3v) is 7.19. The van der Waals surface area contributed by atoms with Crippen LogP contribution in [0, 0.1) is 11.8 Å². The van der Waals surface area contributed by atoms with Crippen molar-refractivity contribution in [2.24, 2.45) is 11.8 Å². The molecule has 2 aromatic carbocycles. The lowest BCUT2D eigenvalue weighted by Gasteiger charge is -2.19. The van der Waals surface area contributed by atoms with E-state index in [4.69, 9.17) is 11.6 Å². The van der Waals surface area contributed by atoms with Gasteiger partial charge in [-0.1, -0.05) is 35.9 Å². The van der Waals surface area contributed by atoms with Crippen molar-refractivity contribution in [2.75, 3.05) is 11.9 Å². The van der Waals surface area contributed by atoms with Gasteiger partial charge in [-0.3, -0.25) is 14.6 Å². The third-order valence-electron chi connectivity index (χ3n) is 6.94. The van der Waals surface area contributed by atoms with Gasteiger partial charge in [0.25, 0.3) is 0 Å². The van der Waals surface area contributed by atoms with Gasteiger partial charge < -0.3 is 10.0 Å². The number of halogens is 1. The van der Waals surface area contributed by atoms with Crippen LogP contribution in [-0.2, 0) is 0 Å². The molecule has 7 heteroatoms. The number of carboxylic acid groups (broad SMARTS) is 1. The van der Waals surface area contributed by atoms with Gasteiger partial charge in [-0.2, -0.15) is 0 Å². The average Bonchev–Trinajstić information content (AvgIpc) is 3.74. The van der Waals surface area contributed by atoms with E-state index < -0.39 is 11.8 Å². The highest BCUT2D eigenvalue weighted by molar-refractivity contribution is 6.30. The topological polar surface area (TPSA) is 87.6 Å². The van der Waals surface area contributed by atoms with Crippen LogP contribution in [0.25, 0.3) is 0 Å². The van der Waals surface area contributed by atoms with Crippen LogP contribution in [0.2, 0.25) is 5.02 Å². The minimum Gasteiger partial charge on any atom is -0.478 e. The molecule has 1 heterocycles. The fourth-order valence-corrected chi connectivity index (χ4v) is 4.85. The van der Waals surface area contributed by atoms with E-state index in [0.717, 1.165) is 36.2 Å². The summed E-state index contributed by atoms with van der Waals surface area (Å²) in [4.78, 5) is 44.5. The molecule has 6 nitrogen and oxygen atoms in total. The van der Waals surface area contributed by atoms with Crippen molar-refractivity contribution in [3.05, 3.63) is 112 Å². The number of Topliss-reactive ketones (excluding diaryl/α,β-unsaturated/α-hetero) is 1. The molecule has 1 fully saturated rings. The summed E-state index contributed by atoms with van der Waals surface area (Å²) in [7, 11) is 1.88. The molecular weight excluding hydrogens is 488 g/mol. The quantitative estimate of drug-likeness (QED) is 0.345. The van der Waals surface area contributed by atoms with Crippen LogP contribution in [0.3, 0.4) is 0 Å². The zero-order valence-electron chi connectivity index (χ0n) is 20.2. The molecule has 0 radical (unpaired) electrons. The van der Waals surface area contributed by atoms with Crippen molar-refractivity contribution in [3.8, 4) is 0 Å². The van der Waals surface area contributed by atoms with E-state index in [9.17, 15) is 19.5 Å². The minimum absolute atomic E-state index is 0.140. The van der Waals surface area contributed by atoms with E-state index in [-0.39, 0.29) is 40.0 Å². The molecule has 1 saturated carbocycles. The van der Waals surface area contributed by atoms with Gasteiger partial charge in [0.2, 0.25) is 5.78 Å². The van der Waals surface area contributed by atoms with Crippen molar-refractivity contribution >= 4 is 40.5 Å². The van der Waals surface area contributed by atoms with Gasteiger partial charge in [0.1, 0.15) is 5.69 Å². The zero-order chi connectivity index (χ0) is 26.1. The zero-order valence-corrected chi connectivity index (χ0v) is 21.0. The van der Waals surface area contributed by atoms with Gasteiger partial charge >= 0.3 is 5.97 Å². The normalized spacial score (nSPS) is 18.2. The van der Waals surface area contributed by atoms with Crippen molar-refractivity contribution in [1.82, 2.24) is 4.98 Å². The molecule has 0 aliphatic heterocycles. The van der Waals surface area contributed by atoms with Crippen LogP contribution in [0.4, 0.5) is 11.4 Å². The second kappa shape index (κ2) is 10.1. The summed E-state index contributed by atoms with van der Waals surface area (Å²) in [5, 5.41) is 10.5. The van der Waals surface area contributed by atoms with Gasteiger partial charge in [-0.05, 0) is 79.3 Å². The number of hydrogen-bond acceptors (Lipinski definition) is 5. The molecule has 186 valence electrons. The maximum Gasteiger partial charge on any atom is 0.336 e. The fraction of sp³-hybridized carbons (Fsp3) is 0.200. The monoisotopic (exact) mass is 512 g/mol. The van der Waals surface area contributed by atoms with E-state index in [1.807, 2.05) is 24.1 Å². The molecule has 5 rings (SSSR count). The maximum absolute atomic E-state index is 13.1. The molecule has 1 aromatic heterocycles. The lowest BCUT2D eigenvalue weighted by atomic mass is 9.94. The summed E-state index contributed by atoms with van der Waals surface area (Å²) in [5.74, 6) is -1.92. The second-order valence-corrected chi connectivity index (χ2v) is 9.76. The first-order chi connectivity index (χ1) is 17.8. The minimum atomic E-state index is -1.24. The van der Waals surface area contributed by atoms with Crippen molar-refractivity contribution in [2.45, 2.75) is 19.3 Å². The number of rotatable bonds is 8. The Morgan fingerprint density at radius 2 is 1.73 bits per heavy atom.